The van der Waals surface area contributed by atoms with E-state index in [1.165, 1.54) is 10.3 Å². The lowest BCUT2D eigenvalue weighted by atomic mass is 10.3. The van der Waals surface area contributed by atoms with E-state index < -0.39 is 0 Å². The highest BCUT2D eigenvalue weighted by Crippen LogP contribution is 2.24. The Morgan fingerprint density at radius 1 is 1.45 bits per heavy atom. The van der Waals surface area contributed by atoms with Gasteiger partial charge in [-0.05, 0) is 23.1 Å². The highest BCUT2D eigenvalue weighted by atomic mass is 127. The van der Waals surface area contributed by atoms with Crippen molar-refractivity contribution in [2.45, 2.75) is 4.43 Å². The van der Waals surface area contributed by atoms with Gasteiger partial charge < -0.3 is 0 Å². The third kappa shape index (κ3) is 1.27. The van der Waals surface area contributed by atoms with E-state index in [0.29, 0.717) is 0 Å². The Labute approximate surface area is 82.6 Å². The summed E-state index contributed by atoms with van der Waals surface area (Å²) < 4.78 is 2.40. The van der Waals surface area contributed by atoms with E-state index >= 15 is 0 Å². The molecule has 0 amide bonds. The molecule has 56 valence electrons. The van der Waals surface area contributed by atoms with Crippen LogP contribution in [-0.2, 0) is 4.43 Å². The first-order chi connectivity index (χ1) is 5.42. The summed E-state index contributed by atoms with van der Waals surface area (Å²) in [7, 11) is 0. The van der Waals surface area contributed by atoms with Gasteiger partial charge in [0, 0.05) is 10.6 Å². The highest BCUT2D eigenvalue weighted by molar-refractivity contribution is 14.1. The fraction of sp³-hybridized carbons (Fsp3) is 0.125. The van der Waals surface area contributed by atoms with Gasteiger partial charge in [0.05, 0.1) is 10.2 Å². The Morgan fingerprint density at radius 2 is 2.36 bits per heavy atom. The molecule has 0 unspecified atom stereocenters. The lowest BCUT2D eigenvalue weighted by Crippen LogP contribution is -1.78. The number of pyridine rings is 1. The summed E-state index contributed by atoms with van der Waals surface area (Å²) in [5.74, 6) is 0. The quantitative estimate of drug-likeness (QED) is 0.575. The molecular weight excluding hydrogens is 269 g/mol. The summed E-state index contributed by atoms with van der Waals surface area (Å²) >= 11 is 4.15. The zero-order valence-corrected chi connectivity index (χ0v) is 8.72. The molecule has 2 rings (SSSR count). The van der Waals surface area contributed by atoms with E-state index in [-0.39, 0.29) is 0 Å². The summed E-state index contributed by atoms with van der Waals surface area (Å²) in [6.07, 6.45) is 1.88. The largest absolute Gasteiger partial charge is 0.255 e. The number of rotatable bonds is 1. The molecule has 11 heavy (non-hydrogen) atoms. The molecule has 0 aromatic carbocycles. The van der Waals surface area contributed by atoms with E-state index in [0.717, 1.165) is 9.94 Å². The summed E-state index contributed by atoms with van der Waals surface area (Å²) in [6, 6.07) is 4.15. The molecule has 0 radical (unpaired) electrons. The molecule has 2 aromatic heterocycles. The number of alkyl halides is 1. The van der Waals surface area contributed by atoms with Crippen molar-refractivity contribution in [3.63, 3.8) is 0 Å². The zero-order chi connectivity index (χ0) is 7.68. The van der Waals surface area contributed by atoms with Gasteiger partial charge in [-0.2, -0.15) is 0 Å². The second-order valence-electron chi connectivity index (χ2n) is 2.24. The van der Waals surface area contributed by atoms with E-state index in [4.69, 9.17) is 0 Å². The van der Waals surface area contributed by atoms with Gasteiger partial charge in [0.15, 0.2) is 0 Å². The molecule has 0 N–H and O–H groups in total. The smallest absolute Gasteiger partial charge is 0.0812 e. The maximum absolute atomic E-state index is 4.26. The van der Waals surface area contributed by atoms with Crippen LogP contribution < -0.4 is 0 Å². The van der Waals surface area contributed by atoms with Gasteiger partial charge in [-0.15, -0.1) is 11.3 Å². The maximum Gasteiger partial charge on any atom is 0.0812 e. The molecule has 0 aliphatic rings. The van der Waals surface area contributed by atoms with Crippen LogP contribution in [0.1, 0.15) is 5.56 Å². The molecule has 2 aromatic rings. The Hall–Kier alpha value is -0.160. The summed E-state index contributed by atoms with van der Waals surface area (Å²) in [4.78, 5) is 4.26. The maximum atomic E-state index is 4.26. The lowest BCUT2D eigenvalue weighted by Gasteiger charge is -1.94. The minimum atomic E-state index is 1.07. The first-order valence-corrected chi connectivity index (χ1v) is 5.69. The average molecular weight is 275 g/mol. The van der Waals surface area contributed by atoms with Crippen LogP contribution in [-0.4, -0.2) is 4.98 Å². The van der Waals surface area contributed by atoms with Crippen molar-refractivity contribution < 1.29 is 0 Å². The van der Waals surface area contributed by atoms with Crippen LogP contribution in [0.4, 0.5) is 0 Å². The number of halogens is 1. The molecule has 0 saturated carbocycles. The second kappa shape index (κ2) is 3.06. The minimum Gasteiger partial charge on any atom is -0.255 e. The monoisotopic (exact) mass is 275 g/mol. The molecular formula is C8H6INS. The Kier molecular flexibility index (Phi) is 2.09. The van der Waals surface area contributed by atoms with E-state index in [9.17, 15) is 0 Å². The van der Waals surface area contributed by atoms with Gasteiger partial charge in [-0.3, -0.25) is 4.98 Å². The van der Waals surface area contributed by atoms with Gasteiger partial charge >= 0.3 is 0 Å². The van der Waals surface area contributed by atoms with E-state index in [2.05, 4.69) is 45.1 Å². The molecule has 0 bridgehead atoms. The molecule has 0 saturated heterocycles. The molecule has 0 spiro atoms. The molecule has 2 heterocycles. The van der Waals surface area contributed by atoms with Crippen molar-refractivity contribution in [2.24, 2.45) is 0 Å². The van der Waals surface area contributed by atoms with Crippen molar-refractivity contribution in [1.82, 2.24) is 4.98 Å². The normalized spacial score (nSPS) is 10.6. The second-order valence-corrected chi connectivity index (χ2v) is 3.92. The highest BCUT2D eigenvalue weighted by Gasteiger charge is 1.99. The number of nitrogens with zero attached hydrogens (tertiary/aromatic N) is 1. The topological polar surface area (TPSA) is 12.9 Å². The zero-order valence-electron chi connectivity index (χ0n) is 5.75. The molecule has 1 nitrogen and oxygen atoms in total. The van der Waals surface area contributed by atoms with Crippen molar-refractivity contribution in [2.75, 3.05) is 0 Å². The van der Waals surface area contributed by atoms with Crippen LogP contribution in [0.25, 0.3) is 10.2 Å². The minimum absolute atomic E-state index is 1.07. The van der Waals surface area contributed by atoms with Crippen molar-refractivity contribution in [1.29, 1.82) is 0 Å². The van der Waals surface area contributed by atoms with Gasteiger partial charge in [-0.25, -0.2) is 0 Å². The Bertz CT molecular complexity index is 369. The van der Waals surface area contributed by atoms with E-state index in [1.807, 2.05) is 6.20 Å². The predicted molar refractivity (Wildman–Crippen MR) is 57.3 cm³/mol. The molecule has 0 aliphatic heterocycles. The number of aromatic nitrogens is 1. The van der Waals surface area contributed by atoms with E-state index in [1.54, 1.807) is 11.3 Å². The van der Waals surface area contributed by atoms with Crippen LogP contribution >= 0.6 is 33.9 Å². The van der Waals surface area contributed by atoms with Crippen molar-refractivity contribution in [3.05, 3.63) is 29.3 Å². The number of hydrogen-bond acceptors (Lipinski definition) is 2. The number of thiophene rings is 1. The first kappa shape index (κ1) is 7.49. The van der Waals surface area contributed by atoms with Crippen LogP contribution in [0.5, 0.6) is 0 Å². The third-order valence-electron chi connectivity index (χ3n) is 1.57. The first-order valence-electron chi connectivity index (χ1n) is 3.29. The van der Waals surface area contributed by atoms with Crippen LogP contribution in [0.3, 0.4) is 0 Å². The van der Waals surface area contributed by atoms with Gasteiger partial charge in [0.1, 0.15) is 0 Å². The van der Waals surface area contributed by atoms with Gasteiger partial charge in [-0.1, -0.05) is 22.6 Å². The number of hydrogen-bond donors (Lipinski definition) is 0. The van der Waals surface area contributed by atoms with Gasteiger partial charge in [0.25, 0.3) is 0 Å². The van der Waals surface area contributed by atoms with Crippen molar-refractivity contribution in [3.8, 4) is 0 Å². The fourth-order valence-corrected chi connectivity index (χ4v) is 2.79. The van der Waals surface area contributed by atoms with Crippen LogP contribution in [0.15, 0.2) is 23.7 Å². The number of fused-ring (bicyclic) bond motifs is 1. The third-order valence-corrected chi connectivity index (χ3v) is 3.37. The van der Waals surface area contributed by atoms with Crippen LogP contribution in [0, 0.1) is 0 Å². The molecule has 3 heteroatoms. The Morgan fingerprint density at radius 3 is 3.18 bits per heavy atom. The Balaban J connectivity index is 2.79. The summed E-state index contributed by atoms with van der Waals surface area (Å²) in [5, 5.41) is 2.09. The molecule has 0 fully saturated rings. The van der Waals surface area contributed by atoms with Gasteiger partial charge in [0.2, 0.25) is 0 Å². The van der Waals surface area contributed by atoms with Crippen LogP contribution in [0.2, 0.25) is 0 Å². The summed E-state index contributed by atoms with van der Waals surface area (Å²) in [6.45, 7) is 0. The fourth-order valence-electron chi connectivity index (χ4n) is 1.03. The van der Waals surface area contributed by atoms with Crippen molar-refractivity contribution >= 4 is 44.1 Å². The molecule has 0 aliphatic carbocycles. The lowest BCUT2D eigenvalue weighted by molar-refractivity contribution is 1.38. The predicted octanol–water partition coefficient (Wildman–Crippen LogP) is 3.23. The average Bonchev–Trinajstić information content (AvgIpc) is 2.50. The molecule has 0 atom stereocenters. The SMILES string of the molecule is ICc1ccnc2ccsc12. The summed E-state index contributed by atoms with van der Waals surface area (Å²) in [5.41, 5.74) is 2.52. The standard InChI is InChI=1S/C8H6INS/c9-5-6-1-3-10-7-2-4-11-8(6)7/h1-4H,5H2.